The van der Waals surface area contributed by atoms with Crippen molar-refractivity contribution in [3.63, 3.8) is 0 Å². The molecule has 90 heteroatoms. The normalized spacial score (nSPS) is 18.1. The summed E-state index contributed by atoms with van der Waals surface area (Å²) in [7, 11) is 0. The van der Waals surface area contributed by atoms with E-state index in [1.807, 2.05) is 0 Å². The second-order valence-electron chi connectivity index (χ2n) is 24.7. The van der Waals surface area contributed by atoms with Gasteiger partial charge in [-0.1, -0.05) is 255 Å². The Labute approximate surface area is 794 Å². The maximum absolute atomic E-state index is 15.8. The van der Waals surface area contributed by atoms with Crippen LogP contribution in [0.15, 0.2) is 0 Å². The number of hydrogen-bond donors (Lipinski definition) is 0. The molecule has 0 heterocycles. The molecule has 0 N–H and O–H groups in total. The van der Waals surface area contributed by atoms with Crippen LogP contribution in [0.5, 0.6) is 0 Å². The number of carbonyl (C=O) groups excluding carboxylic acids is 2. The van der Waals surface area contributed by atoms with Gasteiger partial charge in [-0.3, -0.25) is 0 Å². The predicted molar refractivity (Wildman–Crippen MR) is 327 cm³/mol. The van der Waals surface area contributed by atoms with Crippen molar-refractivity contribution in [1.29, 1.82) is 0 Å². The first-order valence-corrected chi connectivity index (χ1v) is 36.1. The lowest BCUT2D eigenvalue weighted by atomic mass is 9.82. The van der Waals surface area contributed by atoms with E-state index < -0.39 is 244 Å². The molecule has 4 nitrogen and oxygen atoms in total. The smallest absolute Gasteiger partial charge is 0.240 e. The van der Waals surface area contributed by atoms with Crippen LogP contribution >= 0.6 is 255 Å². The van der Waals surface area contributed by atoms with Crippen LogP contribution in [0.25, 0.3) is 0 Å². The Hall–Kier alpha value is 0.840. The molecule has 0 aliphatic heterocycles. The molecule has 0 radical (unpaired) electrons. The van der Waals surface area contributed by atoms with Crippen molar-refractivity contribution >= 4 is 267 Å². The van der Waals surface area contributed by atoms with Crippen LogP contribution < -0.4 is 0 Å². The third-order valence-corrected chi connectivity index (χ3v) is 31.9. The molecule has 0 spiro atoms. The van der Waals surface area contributed by atoms with Gasteiger partial charge in [0.2, 0.25) is 17.3 Å². The highest BCUT2D eigenvalue weighted by Crippen LogP contribution is 2.80. The number of halogens is 86. The zero-order valence-corrected chi connectivity index (χ0v) is 72.8. The molecule has 802 valence electrons. The molecule has 0 bridgehead atoms. The van der Waals surface area contributed by atoms with Crippen molar-refractivity contribution in [3.05, 3.63) is 0 Å². The van der Waals surface area contributed by atoms with E-state index in [1.54, 1.807) is 0 Å². The highest BCUT2D eigenvalue weighted by Gasteiger charge is 3.06. The van der Waals surface area contributed by atoms with Crippen LogP contribution in [0.1, 0.15) is 0 Å². The largest absolute Gasteiger partial charge is 0.431 e. The van der Waals surface area contributed by atoms with Crippen molar-refractivity contribution in [3.8, 4) is 0 Å². The summed E-state index contributed by atoms with van der Waals surface area (Å²) in [5.74, 6) is -305. The summed E-state index contributed by atoms with van der Waals surface area (Å²) in [6, 6.07) is 0. The van der Waals surface area contributed by atoms with Gasteiger partial charge in [-0.15, -0.1) is 0 Å². The average molecular weight is 2590 g/mol. The topological polar surface area (TPSA) is 52.6 Å². The van der Waals surface area contributed by atoms with Crippen LogP contribution in [0.3, 0.4) is 0 Å². The maximum atomic E-state index is 15.8. The van der Waals surface area contributed by atoms with E-state index in [1.165, 1.54) is 9.78 Å². The summed E-state index contributed by atoms with van der Waals surface area (Å²) in [6.45, 7) is 0. The van der Waals surface area contributed by atoms with E-state index in [-0.39, 0.29) is 0 Å². The summed E-state index contributed by atoms with van der Waals surface area (Å²) in [4.78, 5) is 25.4. The monoisotopic (exact) mass is 2580 g/mol. The van der Waals surface area contributed by atoms with E-state index in [0.717, 1.165) is 0 Å². The Kier molecular flexibility index (Phi) is 34.9. The minimum absolute atomic E-state index is 1.25. The Morgan fingerprint density at radius 2 is 0.201 bits per heavy atom. The molecule has 0 aliphatic rings. The van der Waals surface area contributed by atoms with Gasteiger partial charge in [0.25, 0.3) is 10.3 Å². The number of carbonyl (C=O) groups is 2. The Bertz CT molecular complexity index is 4050. The quantitative estimate of drug-likeness (QED) is 0.0266. The number of hydrogen-bond acceptors (Lipinski definition) is 4. The molecule has 0 rings (SSSR count). The lowest BCUT2D eigenvalue weighted by Gasteiger charge is -2.53. The van der Waals surface area contributed by atoms with Crippen molar-refractivity contribution in [1.82, 2.24) is 0 Å². The summed E-state index contributed by atoms with van der Waals surface area (Å²) < 4.78 is 882. The van der Waals surface area contributed by atoms with Crippen LogP contribution in [0.2, 0.25) is 0 Å². The molecule has 0 fully saturated rings. The Morgan fingerprint density at radius 1 is 0.119 bits per heavy atom. The molecule has 0 aromatic carbocycles. The highest BCUT2D eigenvalue weighted by molar-refractivity contribution is 6.79. The number of rotatable bonds is 40. The standard InChI is InChI=1S/C44Cl22F64O4/c45-5(46,9(53,54)13(61,62)43(125,126)127)7(49,50)11(57,58)15(65,71)19(77,78)23(85,86)27(93,94)31(101,102)35(109,110)39(117,118)41(121,122)37(113,114)33(105,106)29(97,98)25(89,90)21(81,82)17(73,74)3(67,68)1(131)133-134-2(132)4(69,70)18(75,76)22(83,84)26(91,92)30(99,100)34(107,108)38(115,116)42(123,124)40(119,120)36(111,112)32(103,104)28(95,96)24(87,88)20(79,80)16(66,72)12(59,60)8(51,52)6(47,48)10(55,56)14(63,64)44(128,129)130. The Morgan fingerprint density at radius 3 is 0.306 bits per heavy atom. The second-order valence-corrected chi connectivity index (χ2v) is 39.0. The molecular weight excluding hydrogens is 2590 g/mol. The summed E-state index contributed by atoms with van der Waals surface area (Å²) >= 11 is 107. The van der Waals surface area contributed by atoms with Crippen LogP contribution in [0.4, 0.5) is 281 Å². The maximum Gasteiger partial charge on any atom is 0.431 e. The van der Waals surface area contributed by atoms with E-state index in [4.69, 9.17) is 232 Å². The first kappa shape index (κ1) is 135. The zero-order valence-electron chi connectivity index (χ0n) is 56.1. The molecule has 2 unspecified atom stereocenters. The molecular formula is C44Cl22F64O4. The lowest BCUT2D eigenvalue weighted by molar-refractivity contribution is -0.485. The molecule has 0 aromatic heterocycles. The molecule has 0 amide bonds. The van der Waals surface area contributed by atoms with Gasteiger partial charge >= 0.3 is 190 Å². The van der Waals surface area contributed by atoms with Gasteiger partial charge in [0.05, 0.1) is 0 Å². The highest BCUT2D eigenvalue weighted by atomic mass is 35.6. The fraction of sp³-hybridized carbons (Fsp3) is 0.955. The second kappa shape index (κ2) is 34.7. The van der Waals surface area contributed by atoms with E-state index in [2.05, 4.69) is 23.2 Å². The molecule has 0 saturated carbocycles. The first-order valence-electron chi connectivity index (χ1n) is 27.7. The van der Waals surface area contributed by atoms with Gasteiger partial charge in [0.15, 0.2) is 26.0 Å². The molecule has 134 heavy (non-hydrogen) atoms. The average Bonchev–Trinajstić information content (AvgIpc) is 0.673. The fourth-order valence-electron chi connectivity index (χ4n) is 7.89. The summed E-state index contributed by atoms with van der Waals surface area (Å²) in [6.07, 6.45) is -13.4. The molecule has 0 saturated heterocycles. The zero-order chi connectivity index (χ0) is 112. The minimum Gasteiger partial charge on any atom is -0.240 e. The predicted octanol–water partition coefficient (Wildman–Crippen LogP) is 32.4. The Balaban J connectivity index is 8.16. The van der Waals surface area contributed by atoms with Gasteiger partial charge in [0.1, 0.15) is 0 Å². The van der Waals surface area contributed by atoms with Gasteiger partial charge in [-0.05, 0) is 0 Å². The summed E-state index contributed by atoms with van der Waals surface area (Å²) in [5.41, 5.74) is 0. The van der Waals surface area contributed by atoms with Gasteiger partial charge in [-0.25, -0.2) is 28.1 Å². The molecule has 2 atom stereocenters. The first-order chi connectivity index (χ1) is 56.0. The van der Waals surface area contributed by atoms with Crippen LogP contribution in [-0.4, -0.2) is 244 Å². The third kappa shape index (κ3) is 16.2. The van der Waals surface area contributed by atoms with Gasteiger partial charge in [-0.2, -0.15) is 272 Å². The third-order valence-electron chi connectivity index (χ3n) is 16.4. The van der Waals surface area contributed by atoms with Crippen molar-refractivity contribution in [2.45, 2.75) is 232 Å². The van der Waals surface area contributed by atoms with Crippen LogP contribution in [0, 0.1) is 0 Å². The van der Waals surface area contributed by atoms with Crippen molar-refractivity contribution < 1.29 is 300 Å². The summed E-state index contributed by atoms with van der Waals surface area (Å²) in [5, 5.41) is -15.7. The van der Waals surface area contributed by atoms with Crippen molar-refractivity contribution in [2.75, 3.05) is 0 Å². The number of alkyl halides is 86. The van der Waals surface area contributed by atoms with Crippen molar-refractivity contribution in [2.24, 2.45) is 0 Å². The fourth-order valence-corrected chi connectivity index (χ4v) is 14.6. The van der Waals surface area contributed by atoms with Gasteiger partial charge < -0.3 is 0 Å². The SMILES string of the molecule is O=C(OOC(=O)C(F)(F)C(F)(F)C(F)(F)C(F)(F)C(F)(F)C(F)(F)C(F)(F)C(F)(F)C(F)(F)C(F)(F)C(F)(F)C(F)(F)C(F)(F)C(F)(F)C(F)(Cl)C(Cl)(Cl)C(Cl)(Cl)C(Cl)(Cl)C(Cl)(Cl)C(Cl)(Cl)C(F)(F)F)C(F)(F)C(F)(F)C(F)(F)C(F)(F)C(F)(F)C(F)(F)C(F)(F)C(F)(F)C(F)(F)C(F)(F)C(F)(F)C(F)(F)C(F)(F)C(F)(F)C(F)(Cl)C(Cl)(Cl)C(Cl)(Cl)C(Cl)(Cl)C(Cl)(Cl)C(Cl)(Cl)C(F)(F)F. The molecule has 0 aliphatic carbocycles. The van der Waals surface area contributed by atoms with E-state index in [9.17, 15) is 247 Å². The van der Waals surface area contributed by atoms with E-state index >= 15 is 43.9 Å². The molecule has 0 aromatic rings. The van der Waals surface area contributed by atoms with E-state index in [0.29, 0.717) is 0 Å². The lowest BCUT2D eigenvalue weighted by Crippen LogP contribution is -2.80. The minimum atomic E-state index is -10.9. The van der Waals surface area contributed by atoms with Crippen LogP contribution in [-0.2, 0) is 19.4 Å². The van der Waals surface area contributed by atoms with Gasteiger partial charge in [0, 0.05) is 0 Å².